The number of hydrogen-bond donors (Lipinski definition) is 1. The summed E-state index contributed by atoms with van der Waals surface area (Å²) in [6.07, 6.45) is 1.83. The number of aryl methyl sites for hydroxylation is 1. The van der Waals surface area contributed by atoms with E-state index < -0.39 is 0 Å². The van der Waals surface area contributed by atoms with Crippen LogP contribution in [-0.4, -0.2) is 9.78 Å². The molecule has 0 aliphatic carbocycles. The highest BCUT2D eigenvalue weighted by molar-refractivity contribution is 5.30. The molecule has 0 fully saturated rings. The summed E-state index contributed by atoms with van der Waals surface area (Å²) in [5.41, 5.74) is 6.93. The van der Waals surface area contributed by atoms with Crippen molar-refractivity contribution >= 4 is 0 Å². The minimum atomic E-state index is -0.344. The Labute approximate surface area is 105 Å². The van der Waals surface area contributed by atoms with Gasteiger partial charge in [-0.3, -0.25) is 4.68 Å². The second-order valence-corrected chi connectivity index (χ2v) is 4.24. The van der Waals surface area contributed by atoms with E-state index in [0.29, 0.717) is 17.9 Å². The Morgan fingerprint density at radius 2 is 2.22 bits per heavy atom. The van der Waals surface area contributed by atoms with Gasteiger partial charge in [0.25, 0.3) is 0 Å². The Hall–Kier alpha value is -1.88. The van der Waals surface area contributed by atoms with Gasteiger partial charge >= 0.3 is 0 Å². The molecule has 0 amide bonds. The molecule has 2 aromatic rings. The van der Waals surface area contributed by atoms with Gasteiger partial charge in [0.15, 0.2) is 0 Å². The summed E-state index contributed by atoms with van der Waals surface area (Å²) in [6.45, 7) is 2.06. The van der Waals surface area contributed by atoms with Crippen LogP contribution in [0, 0.1) is 5.82 Å². The number of nitrogens with two attached hydrogens (primary N) is 1. The monoisotopic (exact) mass is 249 g/mol. The van der Waals surface area contributed by atoms with Gasteiger partial charge in [0.1, 0.15) is 18.2 Å². The summed E-state index contributed by atoms with van der Waals surface area (Å²) in [6, 6.07) is 6.24. The Kier molecular flexibility index (Phi) is 3.62. The fourth-order valence-electron chi connectivity index (χ4n) is 1.66. The highest BCUT2D eigenvalue weighted by Gasteiger charge is 2.08. The lowest BCUT2D eigenvalue weighted by molar-refractivity contribution is 0.298. The number of rotatable bonds is 4. The smallest absolute Gasteiger partial charge is 0.132 e. The lowest BCUT2D eigenvalue weighted by atomic mass is 10.1. The van der Waals surface area contributed by atoms with Crippen molar-refractivity contribution in [3.8, 4) is 5.75 Å². The summed E-state index contributed by atoms with van der Waals surface area (Å²) in [5, 5.41) is 4.17. The van der Waals surface area contributed by atoms with E-state index in [4.69, 9.17) is 10.5 Å². The van der Waals surface area contributed by atoms with Crippen LogP contribution >= 0.6 is 0 Å². The molecule has 4 nitrogen and oxygen atoms in total. The van der Waals surface area contributed by atoms with Gasteiger partial charge < -0.3 is 10.5 Å². The highest BCUT2D eigenvalue weighted by Crippen LogP contribution is 2.21. The predicted octanol–water partition coefficient (Wildman–Crippen LogP) is 2.16. The topological polar surface area (TPSA) is 53.1 Å². The SMILES string of the molecule is CC(N)c1ccc(OCc2ccn(C)n2)cc1F. The quantitative estimate of drug-likeness (QED) is 0.903. The zero-order valence-electron chi connectivity index (χ0n) is 10.4. The molecule has 1 heterocycles. The molecule has 2 rings (SSSR count). The molecular weight excluding hydrogens is 233 g/mol. The molecular formula is C13H16FN3O. The Bertz CT molecular complexity index is 537. The van der Waals surface area contributed by atoms with Gasteiger partial charge in [0.2, 0.25) is 0 Å². The van der Waals surface area contributed by atoms with E-state index in [9.17, 15) is 4.39 Å². The van der Waals surface area contributed by atoms with Crippen molar-refractivity contribution in [1.29, 1.82) is 0 Å². The molecule has 96 valence electrons. The highest BCUT2D eigenvalue weighted by atomic mass is 19.1. The summed E-state index contributed by atoms with van der Waals surface area (Å²) < 4.78 is 20.8. The van der Waals surface area contributed by atoms with Gasteiger partial charge in [0.05, 0.1) is 5.69 Å². The second-order valence-electron chi connectivity index (χ2n) is 4.24. The fraction of sp³-hybridized carbons (Fsp3) is 0.308. The fourth-order valence-corrected chi connectivity index (χ4v) is 1.66. The van der Waals surface area contributed by atoms with E-state index in [1.54, 1.807) is 23.7 Å². The Balaban J connectivity index is 2.04. The van der Waals surface area contributed by atoms with Gasteiger partial charge in [-0.15, -0.1) is 0 Å². The molecule has 2 N–H and O–H groups in total. The van der Waals surface area contributed by atoms with Crippen molar-refractivity contribution in [2.45, 2.75) is 19.6 Å². The van der Waals surface area contributed by atoms with Crippen LogP contribution < -0.4 is 10.5 Å². The first-order chi connectivity index (χ1) is 8.56. The zero-order valence-corrected chi connectivity index (χ0v) is 10.4. The maximum absolute atomic E-state index is 13.7. The van der Waals surface area contributed by atoms with E-state index in [1.165, 1.54) is 6.07 Å². The van der Waals surface area contributed by atoms with E-state index >= 15 is 0 Å². The predicted molar refractivity (Wildman–Crippen MR) is 66.5 cm³/mol. The van der Waals surface area contributed by atoms with Crippen LogP contribution in [0.4, 0.5) is 4.39 Å². The molecule has 0 spiro atoms. The van der Waals surface area contributed by atoms with Crippen LogP contribution in [-0.2, 0) is 13.7 Å². The summed E-state index contributed by atoms with van der Waals surface area (Å²) in [7, 11) is 1.83. The van der Waals surface area contributed by atoms with Crippen molar-refractivity contribution in [2.24, 2.45) is 12.8 Å². The van der Waals surface area contributed by atoms with Crippen molar-refractivity contribution < 1.29 is 9.13 Å². The van der Waals surface area contributed by atoms with Crippen molar-refractivity contribution in [3.63, 3.8) is 0 Å². The third-order valence-electron chi connectivity index (χ3n) is 2.62. The Morgan fingerprint density at radius 1 is 1.44 bits per heavy atom. The van der Waals surface area contributed by atoms with E-state index in [0.717, 1.165) is 5.69 Å². The first kappa shape index (κ1) is 12.6. The number of benzene rings is 1. The number of hydrogen-bond acceptors (Lipinski definition) is 3. The number of aromatic nitrogens is 2. The van der Waals surface area contributed by atoms with E-state index in [1.807, 2.05) is 19.3 Å². The summed E-state index contributed by atoms with van der Waals surface area (Å²) in [5.74, 6) is 0.131. The maximum atomic E-state index is 13.7. The normalized spacial score (nSPS) is 12.4. The molecule has 5 heteroatoms. The third kappa shape index (κ3) is 2.87. The van der Waals surface area contributed by atoms with Crippen molar-refractivity contribution in [1.82, 2.24) is 9.78 Å². The van der Waals surface area contributed by atoms with Crippen molar-refractivity contribution in [3.05, 3.63) is 47.5 Å². The number of ether oxygens (including phenoxy) is 1. The first-order valence-corrected chi connectivity index (χ1v) is 5.72. The van der Waals surface area contributed by atoms with Gasteiger partial charge in [-0.25, -0.2) is 4.39 Å². The molecule has 1 unspecified atom stereocenters. The number of halogens is 1. The van der Waals surface area contributed by atoms with Crippen molar-refractivity contribution in [2.75, 3.05) is 0 Å². The van der Waals surface area contributed by atoms with E-state index in [-0.39, 0.29) is 11.9 Å². The van der Waals surface area contributed by atoms with Crippen LogP contribution in [0.2, 0.25) is 0 Å². The molecule has 0 radical (unpaired) electrons. The summed E-state index contributed by atoms with van der Waals surface area (Å²) >= 11 is 0. The molecule has 0 bridgehead atoms. The van der Waals surface area contributed by atoms with Gasteiger partial charge in [-0.2, -0.15) is 5.10 Å². The average molecular weight is 249 g/mol. The second kappa shape index (κ2) is 5.18. The molecule has 0 saturated carbocycles. The van der Waals surface area contributed by atoms with Crippen LogP contribution in [0.1, 0.15) is 24.2 Å². The van der Waals surface area contributed by atoms with E-state index in [2.05, 4.69) is 5.10 Å². The minimum absolute atomic E-state index is 0.317. The molecule has 1 aromatic heterocycles. The van der Waals surface area contributed by atoms with Crippen LogP contribution in [0.5, 0.6) is 5.75 Å². The molecule has 1 aromatic carbocycles. The van der Waals surface area contributed by atoms with Gasteiger partial charge in [-0.1, -0.05) is 6.07 Å². The third-order valence-corrected chi connectivity index (χ3v) is 2.62. The maximum Gasteiger partial charge on any atom is 0.132 e. The Morgan fingerprint density at radius 3 is 2.78 bits per heavy atom. The van der Waals surface area contributed by atoms with Crippen LogP contribution in [0.25, 0.3) is 0 Å². The largest absolute Gasteiger partial charge is 0.487 e. The number of nitrogens with zero attached hydrogens (tertiary/aromatic N) is 2. The van der Waals surface area contributed by atoms with Gasteiger partial charge in [0, 0.05) is 30.9 Å². The lowest BCUT2D eigenvalue weighted by Crippen LogP contribution is -2.07. The standard InChI is InChI=1S/C13H16FN3O/c1-9(15)12-4-3-11(7-13(12)14)18-8-10-5-6-17(2)16-10/h3-7,9H,8,15H2,1-2H3. The average Bonchev–Trinajstić information content (AvgIpc) is 2.72. The van der Waals surface area contributed by atoms with Crippen LogP contribution in [0.15, 0.2) is 30.5 Å². The lowest BCUT2D eigenvalue weighted by Gasteiger charge is -2.09. The van der Waals surface area contributed by atoms with Gasteiger partial charge in [-0.05, 0) is 19.1 Å². The minimum Gasteiger partial charge on any atom is -0.487 e. The molecule has 1 atom stereocenters. The summed E-state index contributed by atoms with van der Waals surface area (Å²) in [4.78, 5) is 0. The van der Waals surface area contributed by atoms with Crippen LogP contribution in [0.3, 0.4) is 0 Å². The molecule has 0 aliphatic rings. The molecule has 0 aliphatic heterocycles. The molecule has 18 heavy (non-hydrogen) atoms. The molecule has 0 saturated heterocycles. The zero-order chi connectivity index (χ0) is 13.1. The first-order valence-electron chi connectivity index (χ1n) is 5.72.